The van der Waals surface area contributed by atoms with Crippen molar-refractivity contribution >= 4 is 5.91 Å². The Morgan fingerprint density at radius 1 is 1.17 bits per heavy atom. The van der Waals surface area contributed by atoms with Crippen LogP contribution in [0.2, 0.25) is 0 Å². The molecule has 23 heavy (non-hydrogen) atoms. The molecule has 1 heterocycles. The maximum absolute atomic E-state index is 14.2. The third-order valence-corrected chi connectivity index (χ3v) is 3.79. The highest BCUT2D eigenvalue weighted by atomic mass is 19.1. The van der Waals surface area contributed by atoms with Crippen LogP contribution in [0, 0.1) is 11.6 Å². The predicted octanol–water partition coefficient (Wildman–Crippen LogP) is 3.83. The van der Waals surface area contributed by atoms with Crippen LogP contribution in [0.3, 0.4) is 0 Å². The van der Waals surface area contributed by atoms with E-state index in [1.54, 1.807) is 11.0 Å². The van der Waals surface area contributed by atoms with Gasteiger partial charge in [0.2, 0.25) is 5.91 Å². The van der Waals surface area contributed by atoms with E-state index < -0.39 is 5.82 Å². The van der Waals surface area contributed by atoms with Gasteiger partial charge < -0.3 is 9.64 Å². The second-order valence-corrected chi connectivity index (χ2v) is 5.32. The molecule has 0 bridgehead atoms. The highest BCUT2D eigenvalue weighted by molar-refractivity contribution is 5.87. The number of hydrogen-bond acceptors (Lipinski definition) is 2. The second kappa shape index (κ2) is 6.20. The molecule has 1 amide bonds. The zero-order valence-corrected chi connectivity index (χ0v) is 12.4. The minimum Gasteiger partial charge on any atom is -0.454 e. The Labute approximate surface area is 132 Å². The van der Waals surface area contributed by atoms with Gasteiger partial charge in [0.15, 0.2) is 11.6 Å². The van der Waals surface area contributed by atoms with Crippen LogP contribution in [-0.4, -0.2) is 17.4 Å². The molecule has 1 aliphatic heterocycles. The highest BCUT2D eigenvalue weighted by Gasteiger charge is 2.21. The van der Waals surface area contributed by atoms with Crippen LogP contribution in [0.15, 0.2) is 49.1 Å². The Morgan fingerprint density at radius 3 is 2.61 bits per heavy atom. The number of amides is 1. The van der Waals surface area contributed by atoms with Crippen LogP contribution < -0.4 is 4.74 Å². The lowest BCUT2D eigenvalue weighted by molar-refractivity contribution is -0.126. The molecule has 0 aromatic heterocycles. The lowest BCUT2D eigenvalue weighted by Gasteiger charge is -2.28. The van der Waals surface area contributed by atoms with Crippen LogP contribution >= 0.6 is 0 Å². The van der Waals surface area contributed by atoms with Crippen LogP contribution in [0.4, 0.5) is 8.78 Å². The first-order valence-electron chi connectivity index (χ1n) is 7.23. The monoisotopic (exact) mass is 315 g/mol. The first-order chi connectivity index (χ1) is 11.1. The first kappa shape index (κ1) is 15.2. The smallest absolute Gasteiger partial charge is 0.246 e. The van der Waals surface area contributed by atoms with Crippen LogP contribution in [0.25, 0.3) is 0 Å². The molecular formula is C18H15F2NO2. The zero-order chi connectivity index (χ0) is 16.4. The molecule has 3 rings (SSSR count). The number of halogens is 2. The fourth-order valence-electron chi connectivity index (χ4n) is 2.58. The van der Waals surface area contributed by atoms with Crippen LogP contribution in [-0.2, 0) is 17.8 Å². The van der Waals surface area contributed by atoms with Gasteiger partial charge in [0, 0.05) is 13.1 Å². The van der Waals surface area contributed by atoms with Crippen molar-refractivity contribution in [3.63, 3.8) is 0 Å². The largest absolute Gasteiger partial charge is 0.454 e. The number of carbonyl (C=O) groups is 1. The van der Waals surface area contributed by atoms with Crippen molar-refractivity contribution in [2.75, 3.05) is 6.54 Å². The summed E-state index contributed by atoms with van der Waals surface area (Å²) in [6.07, 6.45) is 1.85. The van der Waals surface area contributed by atoms with E-state index in [0.29, 0.717) is 25.3 Å². The second-order valence-electron chi connectivity index (χ2n) is 5.32. The Hall–Kier alpha value is -2.69. The van der Waals surface area contributed by atoms with Gasteiger partial charge in [-0.05, 0) is 60.0 Å². The van der Waals surface area contributed by atoms with Crippen molar-refractivity contribution in [1.82, 2.24) is 4.90 Å². The summed E-state index contributed by atoms with van der Waals surface area (Å²) in [5.74, 6) is -0.609. The lowest BCUT2D eigenvalue weighted by Crippen LogP contribution is -2.34. The number of benzene rings is 2. The number of rotatable bonds is 3. The van der Waals surface area contributed by atoms with E-state index in [9.17, 15) is 13.6 Å². The van der Waals surface area contributed by atoms with Crippen molar-refractivity contribution < 1.29 is 18.3 Å². The van der Waals surface area contributed by atoms with Gasteiger partial charge in [0.05, 0.1) is 0 Å². The van der Waals surface area contributed by atoms with E-state index in [4.69, 9.17) is 4.74 Å². The Morgan fingerprint density at radius 2 is 1.91 bits per heavy atom. The summed E-state index contributed by atoms with van der Waals surface area (Å²) in [6.45, 7) is 4.41. The van der Waals surface area contributed by atoms with Gasteiger partial charge >= 0.3 is 0 Å². The number of fused-ring (bicyclic) bond motifs is 1. The molecular weight excluding hydrogens is 300 g/mol. The molecule has 0 unspecified atom stereocenters. The molecule has 3 nitrogen and oxygen atoms in total. The van der Waals surface area contributed by atoms with Gasteiger partial charge in [0.25, 0.3) is 0 Å². The molecule has 0 N–H and O–H groups in total. The van der Waals surface area contributed by atoms with Crippen molar-refractivity contribution in [1.29, 1.82) is 0 Å². The third kappa shape index (κ3) is 3.23. The van der Waals surface area contributed by atoms with E-state index >= 15 is 0 Å². The van der Waals surface area contributed by atoms with Gasteiger partial charge in [-0.3, -0.25) is 4.79 Å². The quantitative estimate of drug-likeness (QED) is 0.806. The highest BCUT2D eigenvalue weighted by Crippen LogP contribution is 2.30. The van der Waals surface area contributed by atoms with E-state index in [1.165, 1.54) is 36.4 Å². The van der Waals surface area contributed by atoms with Gasteiger partial charge in [-0.25, -0.2) is 8.78 Å². The Balaban J connectivity index is 1.87. The molecule has 0 fully saturated rings. The van der Waals surface area contributed by atoms with Crippen molar-refractivity contribution in [3.05, 3.63) is 71.8 Å². The minimum absolute atomic E-state index is 0.0586. The molecule has 118 valence electrons. The van der Waals surface area contributed by atoms with Crippen molar-refractivity contribution in [2.24, 2.45) is 0 Å². The van der Waals surface area contributed by atoms with E-state index in [0.717, 1.165) is 11.1 Å². The molecule has 0 saturated carbocycles. The average Bonchev–Trinajstić information content (AvgIpc) is 2.56. The molecule has 0 aliphatic carbocycles. The number of nitrogens with zero attached hydrogens (tertiary/aromatic N) is 1. The fraction of sp³-hybridized carbons (Fsp3) is 0.167. The summed E-state index contributed by atoms with van der Waals surface area (Å²) in [5, 5.41) is 0. The van der Waals surface area contributed by atoms with Gasteiger partial charge in [-0.15, -0.1) is 0 Å². The standard InChI is InChI=1S/C18H15F2NO2/c1-2-18(22)21-8-7-12-9-16(20)17(10-13(12)11-21)23-15-5-3-14(19)4-6-15/h2-6,9-10H,1,7-8,11H2. The summed E-state index contributed by atoms with van der Waals surface area (Å²) in [5.41, 5.74) is 1.70. The van der Waals surface area contributed by atoms with Gasteiger partial charge in [-0.1, -0.05) is 6.58 Å². The van der Waals surface area contributed by atoms with E-state index in [1.807, 2.05) is 0 Å². The SMILES string of the molecule is C=CC(=O)N1CCc2cc(F)c(Oc3ccc(F)cc3)cc2C1. The Kier molecular flexibility index (Phi) is 4.10. The molecule has 0 radical (unpaired) electrons. The number of hydrogen-bond donors (Lipinski definition) is 0. The molecule has 5 heteroatoms. The summed E-state index contributed by atoms with van der Waals surface area (Å²) >= 11 is 0. The summed E-state index contributed by atoms with van der Waals surface area (Å²) in [7, 11) is 0. The van der Waals surface area contributed by atoms with Gasteiger partial charge in [-0.2, -0.15) is 0 Å². The molecule has 2 aromatic carbocycles. The summed E-state index contributed by atoms with van der Waals surface area (Å²) in [6, 6.07) is 8.39. The third-order valence-electron chi connectivity index (χ3n) is 3.79. The average molecular weight is 315 g/mol. The summed E-state index contributed by atoms with van der Waals surface area (Å²) in [4.78, 5) is 13.4. The number of carbonyl (C=O) groups excluding carboxylic acids is 1. The zero-order valence-electron chi connectivity index (χ0n) is 12.4. The minimum atomic E-state index is -0.475. The molecule has 0 spiro atoms. The van der Waals surface area contributed by atoms with Gasteiger partial charge in [0.1, 0.15) is 11.6 Å². The maximum atomic E-state index is 14.2. The van der Waals surface area contributed by atoms with E-state index in [2.05, 4.69) is 6.58 Å². The number of ether oxygens (including phenoxy) is 1. The van der Waals surface area contributed by atoms with E-state index in [-0.39, 0.29) is 17.5 Å². The van der Waals surface area contributed by atoms with Crippen molar-refractivity contribution in [3.8, 4) is 11.5 Å². The van der Waals surface area contributed by atoms with Crippen LogP contribution in [0.1, 0.15) is 11.1 Å². The van der Waals surface area contributed by atoms with Crippen LogP contribution in [0.5, 0.6) is 11.5 Å². The molecule has 0 saturated heterocycles. The fourth-order valence-corrected chi connectivity index (χ4v) is 2.58. The first-order valence-corrected chi connectivity index (χ1v) is 7.23. The van der Waals surface area contributed by atoms with Crippen molar-refractivity contribution in [2.45, 2.75) is 13.0 Å². The Bertz CT molecular complexity index is 756. The predicted molar refractivity (Wildman–Crippen MR) is 82.2 cm³/mol. The molecule has 2 aromatic rings. The summed E-state index contributed by atoms with van der Waals surface area (Å²) < 4.78 is 32.6. The lowest BCUT2D eigenvalue weighted by atomic mass is 9.99. The molecule has 0 atom stereocenters. The maximum Gasteiger partial charge on any atom is 0.246 e. The molecule has 1 aliphatic rings. The normalized spacial score (nSPS) is 13.4. The topological polar surface area (TPSA) is 29.5 Å².